The Balaban J connectivity index is 2.62. The van der Waals surface area contributed by atoms with Gasteiger partial charge in [0.2, 0.25) is 0 Å². The summed E-state index contributed by atoms with van der Waals surface area (Å²) in [5.74, 6) is -0.472. The number of hydroxylamine groups is 1. The van der Waals surface area contributed by atoms with Crippen LogP contribution in [0.25, 0.3) is 0 Å². The van der Waals surface area contributed by atoms with Crippen LogP contribution >= 0.6 is 11.6 Å². The number of hydrogen-bond donors (Lipinski definition) is 1. The Labute approximate surface area is 92.8 Å². The van der Waals surface area contributed by atoms with E-state index >= 15 is 0 Å². The summed E-state index contributed by atoms with van der Waals surface area (Å²) in [7, 11) is 0. The van der Waals surface area contributed by atoms with Gasteiger partial charge >= 0.3 is 0 Å². The van der Waals surface area contributed by atoms with Gasteiger partial charge in [0.05, 0.1) is 18.0 Å². The second-order valence-corrected chi connectivity index (χ2v) is 4.26. The molecule has 0 saturated carbocycles. The van der Waals surface area contributed by atoms with Gasteiger partial charge in [-0.2, -0.15) is 0 Å². The molecule has 0 aliphatic carbocycles. The Hall–Kier alpha value is -1.20. The molecule has 15 heavy (non-hydrogen) atoms. The summed E-state index contributed by atoms with van der Waals surface area (Å²) in [6, 6.07) is 0. The minimum absolute atomic E-state index is 0.117. The first-order chi connectivity index (χ1) is 6.88. The van der Waals surface area contributed by atoms with Gasteiger partial charge in [-0.1, -0.05) is 11.6 Å². The average molecular weight is 230 g/mol. The molecule has 1 heterocycles. The van der Waals surface area contributed by atoms with Crippen molar-refractivity contribution in [1.29, 1.82) is 0 Å². The number of hydrogen-bond acceptors (Lipinski definition) is 4. The topological polar surface area (TPSA) is 64.1 Å². The van der Waals surface area contributed by atoms with Crippen LogP contribution in [-0.2, 0) is 4.84 Å². The van der Waals surface area contributed by atoms with Crippen molar-refractivity contribution in [3.8, 4) is 0 Å². The molecule has 1 rings (SSSR count). The third kappa shape index (κ3) is 4.22. The summed E-state index contributed by atoms with van der Waals surface area (Å²) in [4.78, 5) is 24.0. The van der Waals surface area contributed by atoms with Crippen molar-refractivity contribution in [2.75, 3.05) is 0 Å². The fourth-order valence-corrected chi connectivity index (χ4v) is 0.851. The lowest BCUT2D eigenvalue weighted by Crippen LogP contribution is -2.34. The molecule has 5 nitrogen and oxygen atoms in total. The van der Waals surface area contributed by atoms with E-state index in [2.05, 4.69) is 15.4 Å². The first-order valence-electron chi connectivity index (χ1n) is 4.34. The molecule has 0 atom stereocenters. The van der Waals surface area contributed by atoms with Gasteiger partial charge in [-0.15, -0.1) is 0 Å². The van der Waals surface area contributed by atoms with Gasteiger partial charge in [0, 0.05) is 0 Å². The number of carbonyl (C=O) groups is 1. The summed E-state index contributed by atoms with van der Waals surface area (Å²) in [5, 5.41) is 0.165. The highest BCUT2D eigenvalue weighted by atomic mass is 35.5. The van der Waals surface area contributed by atoms with E-state index in [-0.39, 0.29) is 10.8 Å². The highest BCUT2D eigenvalue weighted by molar-refractivity contribution is 6.29. The van der Waals surface area contributed by atoms with Crippen molar-refractivity contribution in [3.63, 3.8) is 0 Å². The Kier molecular flexibility index (Phi) is 3.60. The fourth-order valence-electron chi connectivity index (χ4n) is 0.703. The average Bonchev–Trinajstić information content (AvgIpc) is 2.13. The van der Waals surface area contributed by atoms with Crippen molar-refractivity contribution in [2.24, 2.45) is 0 Å². The molecule has 0 aliphatic rings. The SMILES string of the molecule is CC(C)(C)ONC(=O)c1cncc(Cl)n1. The van der Waals surface area contributed by atoms with Gasteiger partial charge < -0.3 is 0 Å². The second-order valence-electron chi connectivity index (χ2n) is 3.87. The Morgan fingerprint density at radius 3 is 2.67 bits per heavy atom. The summed E-state index contributed by atoms with van der Waals surface area (Å²) in [6.07, 6.45) is 2.66. The van der Waals surface area contributed by atoms with Gasteiger partial charge in [0.1, 0.15) is 10.8 Å². The molecule has 0 fully saturated rings. The Bertz CT molecular complexity index is 363. The number of nitrogens with zero attached hydrogens (tertiary/aromatic N) is 2. The molecule has 0 aliphatic heterocycles. The van der Waals surface area contributed by atoms with Crippen molar-refractivity contribution < 1.29 is 9.63 Å². The maximum Gasteiger partial charge on any atom is 0.295 e. The molecule has 0 saturated heterocycles. The Morgan fingerprint density at radius 2 is 2.13 bits per heavy atom. The quantitative estimate of drug-likeness (QED) is 0.783. The minimum atomic E-state index is -0.472. The number of amides is 1. The zero-order chi connectivity index (χ0) is 11.5. The summed E-state index contributed by atoms with van der Waals surface area (Å²) < 4.78 is 0. The van der Waals surface area contributed by atoms with Gasteiger partial charge in [0.15, 0.2) is 0 Å². The van der Waals surface area contributed by atoms with E-state index in [1.165, 1.54) is 12.4 Å². The van der Waals surface area contributed by atoms with Crippen molar-refractivity contribution in [1.82, 2.24) is 15.4 Å². The van der Waals surface area contributed by atoms with Gasteiger partial charge in [0.25, 0.3) is 5.91 Å². The van der Waals surface area contributed by atoms with E-state index < -0.39 is 11.5 Å². The maximum atomic E-state index is 11.4. The number of aromatic nitrogens is 2. The minimum Gasteiger partial charge on any atom is -0.268 e. The normalized spacial score (nSPS) is 11.2. The van der Waals surface area contributed by atoms with Crippen LogP contribution in [-0.4, -0.2) is 21.5 Å². The third-order valence-electron chi connectivity index (χ3n) is 1.29. The molecular formula is C9H12ClN3O2. The first-order valence-corrected chi connectivity index (χ1v) is 4.72. The lowest BCUT2D eigenvalue weighted by molar-refractivity contribution is -0.0591. The highest BCUT2D eigenvalue weighted by Gasteiger charge is 2.14. The summed E-state index contributed by atoms with van der Waals surface area (Å²) in [6.45, 7) is 5.45. The van der Waals surface area contributed by atoms with Crippen LogP contribution in [0.3, 0.4) is 0 Å². The predicted octanol–water partition coefficient (Wildman–Crippen LogP) is 1.59. The van der Waals surface area contributed by atoms with Gasteiger partial charge in [-0.3, -0.25) is 14.6 Å². The van der Waals surface area contributed by atoms with E-state index in [9.17, 15) is 4.79 Å². The fraction of sp³-hybridized carbons (Fsp3) is 0.444. The largest absolute Gasteiger partial charge is 0.295 e. The molecule has 1 aromatic rings. The van der Waals surface area contributed by atoms with Crippen LogP contribution in [0.4, 0.5) is 0 Å². The zero-order valence-electron chi connectivity index (χ0n) is 8.74. The molecule has 0 aromatic carbocycles. The molecular weight excluding hydrogens is 218 g/mol. The molecule has 0 spiro atoms. The predicted molar refractivity (Wildman–Crippen MR) is 55.3 cm³/mol. The molecule has 1 N–H and O–H groups in total. The van der Waals surface area contributed by atoms with Gasteiger partial charge in [-0.05, 0) is 20.8 Å². The van der Waals surface area contributed by atoms with E-state index in [1.54, 1.807) is 0 Å². The number of halogens is 1. The standard InChI is InChI=1S/C9H12ClN3O2/c1-9(2,3)15-13-8(14)6-4-11-5-7(10)12-6/h4-5H,1-3H3,(H,13,14). The number of rotatable bonds is 2. The molecule has 1 aromatic heterocycles. The van der Waals surface area contributed by atoms with Crippen molar-refractivity contribution in [2.45, 2.75) is 26.4 Å². The van der Waals surface area contributed by atoms with Gasteiger partial charge in [-0.25, -0.2) is 10.5 Å². The lowest BCUT2D eigenvalue weighted by atomic mass is 10.2. The maximum absolute atomic E-state index is 11.4. The van der Waals surface area contributed by atoms with Crippen LogP contribution in [0.5, 0.6) is 0 Å². The van der Waals surface area contributed by atoms with E-state index in [0.717, 1.165) is 0 Å². The van der Waals surface area contributed by atoms with E-state index in [0.29, 0.717) is 0 Å². The lowest BCUT2D eigenvalue weighted by Gasteiger charge is -2.18. The smallest absolute Gasteiger partial charge is 0.268 e. The molecule has 6 heteroatoms. The summed E-state index contributed by atoms with van der Waals surface area (Å²) in [5.41, 5.74) is 1.93. The van der Waals surface area contributed by atoms with E-state index in [1.807, 2.05) is 20.8 Å². The van der Waals surface area contributed by atoms with Crippen molar-refractivity contribution >= 4 is 17.5 Å². The monoisotopic (exact) mass is 229 g/mol. The molecule has 0 bridgehead atoms. The zero-order valence-corrected chi connectivity index (χ0v) is 9.50. The number of carbonyl (C=O) groups excluding carboxylic acids is 1. The second kappa shape index (κ2) is 4.55. The molecule has 82 valence electrons. The van der Waals surface area contributed by atoms with Crippen LogP contribution < -0.4 is 5.48 Å². The molecule has 0 unspecified atom stereocenters. The molecule has 1 amide bonds. The third-order valence-corrected chi connectivity index (χ3v) is 1.47. The number of nitrogens with one attached hydrogen (secondary N) is 1. The van der Waals surface area contributed by atoms with Crippen molar-refractivity contribution in [3.05, 3.63) is 23.2 Å². The van der Waals surface area contributed by atoms with Crippen LogP contribution in [0.2, 0.25) is 5.15 Å². The summed E-state index contributed by atoms with van der Waals surface area (Å²) >= 11 is 5.58. The van der Waals surface area contributed by atoms with Crippen LogP contribution in [0.15, 0.2) is 12.4 Å². The molecule has 0 radical (unpaired) electrons. The van der Waals surface area contributed by atoms with Crippen LogP contribution in [0, 0.1) is 0 Å². The van der Waals surface area contributed by atoms with Crippen LogP contribution in [0.1, 0.15) is 31.3 Å². The van der Waals surface area contributed by atoms with E-state index in [4.69, 9.17) is 16.4 Å². The Morgan fingerprint density at radius 1 is 1.47 bits per heavy atom. The first kappa shape index (κ1) is 11.9. The highest BCUT2D eigenvalue weighted by Crippen LogP contribution is 2.05.